The molecule has 1 N–H and O–H groups in total. The van der Waals surface area contributed by atoms with E-state index < -0.39 is 6.61 Å². The van der Waals surface area contributed by atoms with E-state index in [9.17, 15) is 13.6 Å². The summed E-state index contributed by atoms with van der Waals surface area (Å²) in [6.07, 6.45) is 2.49. The van der Waals surface area contributed by atoms with Gasteiger partial charge in [-0.25, -0.2) is 0 Å². The monoisotopic (exact) mass is 282 g/mol. The van der Waals surface area contributed by atoms with Crippen molar-refractivity contribution in [2.75, 3.05) is 6.54 Å². The smallest absolute Gasteiger partial charge is 0.387 e. The highest BCUT2D eigenvalue weighted by Gasteiger charge is 2.42. The van der Waals surface area contributed by atoms with Gasteiger partial charge in [0.05, 0.1) is 6.04 Å². The Kier molecular flexibility index (Phi) is 3.56. The van der Waals surface area contributed by atoms with E-state index in [4.69, 9.17) is 0 Å². The molecule has 1 aromatic carbocycles. The van der Waals surface area contributed by atoms with Gasteiger partial charge in [0.2, 0.25) is 5.91 Å². The number of rotatable bonds is 3. The SMILES string of the molecule is O=C1NC(c2ccccc2OC(F)F)N2CCCCC12. The summed E-state index contributed by atoms with van der Waals surface area (Å²) in [5.74, 6) is 0.0978. The Morgan fingerprint density at radius 3 is 2.90 bits per heavy atom. The van der Waals surface area contributed by atoms with Gasteiger partial charge in [0.15, 0.2) is 0 Å². The summed E-state index contributed by atoms with van der Waals surface area (Å²) in [5, 5.41) is 2.89. The van der Waals surface area contributed by atoms with Crippen LogP contribution in [0.15, 0.2) is 24.3 Å². The fourth-order valence-corrected chi connectivity index (χ4v) is 3.02. The van der Waals surface area contributed by atoms with E-state index in [1.807, 2.05) is 4.90 Å². The predicted molar refractivity (Wildman–Crippen MR) is 68.3 cm³/mol. The number of ether oxygens (including phenoxy) is 1. The lowest BCUT2D eigenvalue weighted by atomic mass is 10.0. The van der Waals surface area contributed by atoms with Gasteiger partial charge in [-0.2, -0.15) is 8.78 Å². The lowest BCUT2D eigenvalue weighted by Crippen LogP contribution is -2.38. The summed E-state index contributed by atoms with van der Waals surface area (Å²) in [6.45, 7) is -2.08. The summed E-state index contributed by atoms with van der Waals surface area (Å²) < 4.78 is 29.5. The number of carbonyl (C=O) groups is 1. The molecule has 0 saturated carbocycles. The van der Waals surface area contributed by atoms with Gasteiger partial charge >= 0.3 is 6.61 Å². The van der Waals surface area contributed by atoms with E-state index in [1.165, 1.54) is 6.07 Å². The number of nitrogens with zero attached hydrogens (tertiary/aromatic N) is 1. The molecule has 2 saturated heterocycles. The molecule has 2 unspecified atom stereocenters. The lowest BCUT2D eigenvalue weighted by Gasteiger charge is -2.32. The maximum Gasteiger partial charge on any atom is 0.387 e. The predicted octanol–water partition coefficient (Wildman–Crippen LogP) is 2.27. The minimum atomic E-state index is -2.87. The van der Waals surface area contributed by atoms with Crippen molar-refractivity contribution in [3.05, 3.63) is 29.8 Å². The van der Waals surface area contributed by atoms with E-state index in [-0.39, 0.29) is 23.9 Å². The summed E-state index contributed by atoms with van der Waals surface area (Å²) in [5.41, 5.74) is 0.588. The van der Waals surface area contributed by atoms with E-state index in [1.54, 1.807) is 18.2 Å². The number of hydrogen-bond acceptors (Lipinski definition) is 3. The highest BCUT2D eigenvalue weighted by Crippen LogP contribution is 2.36. The standard InChI is InChI=1S/C14H16F2N2O2/c15-14(16)20-11-7-2-1-5-9(11)12-17-13(19)10-6-3-4-8-18(10)12/h1-2,5,7,10,12,14H,3-4,6,8H2,(H,17,19). The van der Waals surface area contributed by atoms with Crippen molar-refractivity contribution in [3.63, 3.8) is 0 Å². The molecule has 2 fully saturated rings. The lowest BCUT2D eigenvalue weighted by molar-refractivity contribution is -0.122. The Balaban J connectivity index is 1.90. The van der Waals surface area contributed by atoms with E-state index in [2.05, 4.69) is 10.1 Å². The Hall–Kier alpha value is -1.69. The number of amides is 1. The Labute approximate surface area is 115 Å². The molecule has 2 atom stereocenters. The van der Waals surface area contributed by atoms with Crippen LogP contribution in [-0.2, 0) is 4.79 Å². The highest BCUT2D eigenvalue weighted by molar-refractivity contribution is 5.84. The third-order valence-corrected chi connectivity index (χ3v) is 3.89. The van der Waals surface area contributed by atoms with Gasteiger partial charge < -0.3 is 10.1 Å². The van der Waals surface area contributed by atoms with Crippen LogP contribution in [0.3, 0.4) is 0 Å². The van der Waals surface area contributed by atoms with Crippen LogP contribution in [0.5, 0.6) is 5.75 Å². The molecule has 108 valence electrons. The zero-order valence-electron chi connectivity index (χ0n) is 10.9. The second-order valence-corrected chi connectivity index (χ2v) is 5.08. The summed E-state index contributed by atoms with van der Waals surface area (Å²) in [7, 11) is 0. The minimum absolute atomic E-state index is 0.0263. The molecule has 3 rings (SSSR count). The van der Waals surface area contributed by atoms with Crippen molar-refractivity contribution in [3.8, 4) is 5.75 Å². The van der Waals surface area contributed by atoms with Crippen LogP contribution in [0, 0.1) is 0 Å². The van der Waals surface area contributed by atoms with Crippen molar-refractivity contribution in [2.24, 2.45) is 0 Å². The average molecular weight is 282 g/mol. The van der Waals surface area contributed by atoms with Crippen molar-refractivity contribution in [1.82, 2.24) is 10.2 Å². The molecule has 2 aliphatic rings. The van der Waals surface area contributed by atoms with Crippen LogP contribution in [0.2, 0.25) is 0 Å². The topological polar surface area (TPSA) is 41.6 Å². The number of benzene rings is 1. The van der Waals surface area contributed by atoms with Crippen LogP contribution in [0.25, 0.3) is 0 Å². The van der Waals surface area contributed by atoms with E-state index >= 15 is 0 Å². The maximum absolute atomic E-state index is 12.5. The number of piperidine rings is 1. The van der Waals surface area contributed by atoms with Crippen molar-refractivity contribution < 1.29 is 18.3 Å². The quantitative estimate of drug-likeness (QED) is 0.924. The average Bonchev–Trinajstić information content (AvgIpc) is 2.77. The Morgan fingerprint density at radius 2 is 2.10 bits per heavy atom. The highest BCUT2D eigenvalue weighted by atomic mass is 19.3. The van der Waals surface area contributed by atoms with Gasteiger partial charge in [0.1, 0.15) is 11.9 Å². The van der Waals surface area contributed by atoms with Gasteiger partial charge in [-0.3, -0.25) is 9.69 Å². The number of carbonyl (C=O) groups excluding carboxylic acids is 1. The molecule has 0 bridgehead atoms. The van der Waals surface area contributed by atoms with Crippen molar-refractivity contribution in [1.29, 1.82) is 0 Å². The third kappa shape index (κ3) is 2.35. The van der Waals surface area contributed by atoms with Crippen LogP contribution in [-0.4, -0.2) is 30.0 Å². The molecular formula is C14H16F2N2O2. The molecule has 20 heavy (non-hydrogen) atoms. The Morgan fingerprint density at radius 1 is 1.30 bits per heavy atom. The third-order valence-electron chi connectivity index (χ3n) is 3.89. The molecule has 6 heteroatoms. The summed E-state index contributed by atoms with van der Waals surface area (Å²) in [6, 6.07) is 6.49. The molecule has 2 aliphatic heterocycles. The number of para-hydroxylation sites is 1. The molecule has 0 radical (unpaired) electrons. The molecule has 1 amide bonds. The van der Waals surface area contributed by atoms with Crippen LogP contribution >= 0.6 is 0 Å². The van der Waals surface area contributed by atoms with Gasteiger partial charge in [0.25, 0.3) is 0 Å². The summed E-state index contributed by atoms with van der Waals surface area (Å²) in [4.78, 5) is 14.0. The first-order valence-corrected chi connectivity index (χ1v) is 6.76. The fraction of sp³-hybridized carbons (Fsp3) is 0.500. The van der Waals surface area contributed by atoms with Crippen molar-refractivity contribution >= 4 is 5.91 Å². The molecule has 2 heterocycles. The summed E-state index contributed by atoms with van der Waals surface area (Å²) >= 11 is 0. The van der Waals surface area contributed by atoms with Crippen LogP contribution in [0.4, 0.5) is 8.78 Å². The largest absolute Gasteiger partial charge is 0.434 e. The number of halogens is 2. The van der Waals surface area contributed by atoms with Crippen molar-refractivity contribution in [2.45, 2.75) is 38.1 Å². The van der Waals surface area contributed by atoms with Crippen LogP contribution < -0.4 is 10.1 Å². The second kappa shape index (κ2) is 5.36. The number of fused-ring (bicyclic) bond motifs is 1. The minimum Gasteiger partial charge on any atom is -0.434 e. The van der Waals surface area contributed by atoms with Gasteiger partial charge in [-0.15, -0.1) is 0 Å². The zero-order valence-corrected chi connectivity index (χ0v) is 10.9. The van der Waals surface area contributed by atoms with Gasteiger partial charge in [0, 0.05) is 12.1 Å². The number of nitrogens with one attached hydrogen (secondary N) is 1. The molecule has 0 aromatic heterocycles. The fourth-order valence-electron chi connectivity index (χ4n) is 3.02. The molecule has 1 aromatic rings. The first-order valence-electron chi connectivity index (χ1n) is 6.76. The van der Waals surface area contributed by atoms with E-state index in [0.717, 1.165) is 25.8 Å². The van der Waals surface area contributed by atoms with Crippen LogP contribution in [0.1, 0.15) is 31.0 Å². The molecule has 0 aliphatic carbocycles. The Bertz CT molecular complexity index is 510. The normalized spacial score (nSPS) is 26.4. The maximum atomic E-state index is 12.5. The van der Waals surface area contributed by atoms with E-state index in [0.29, 0.717) is 5.56 Å². The van der Waals surface area contributed by atoms with Gasteiger partial charge in [-0.05, 0) is 18.9 Å². The second-order valence-electron chi connectivity index (χ2n) is 5.08. The molecule has 0 spiro atoms. The molecular weight excluding hydrogens is 266 g/mol. The number of hydrogen-bond donors (Lipinski definition) is 1. The first-order chi connectivity index (χ1) is 9.66. The zero-order chi connectivity index (χ0) is 14.1. The van der Waals surface area contributed by atoms with Gasteiger partial charge in [-0.1, -0.05) is 24.6 Å². The first kappa shape index (κ1) is 13.3. The molecule has 4 nitrogen and oxygen atoms in total. The number of alkyl halides is 2.